The molecule has 3 nitrogen and oxygen atoms in total. The largest absolute Gasteiger partial charge is 0.347 e. The Bertz CT molecular complexity index is 691. The van der Waals surface area contributed by atoms with Gasteiger partial charge in [0.25, 0.3) is 5.91 Å². The first-order valence-electron chi connectivity index (χ1n) is 7.93. The van der Waals surface area contributed by atoms with E-state index in [0.29, 0.717) is 18.1 Å². The molecule has 0 saturated carbocycles. The lowest BCUT2D eigenvalue weighted by molar-refractivity contribution is 0.0935. The van der Waals surface area contributed by atoms with Crippen LogP contribution < -0.4 is 10.6 Å². The minimum atomic E-state index is 0.0720. The van der Waals surface area contributed by atoms with Crippen LogP contribution in [-0.2, 0) is 0 Å². The molecule has 4 rings (SSSR count). The lowest BCUT2D eigenvalue weighted by Gasteiger charge is -2.20. The Kier molecular flexibility index (Phi) is 3.51. The average molecular weight is 312 g/mol. The lowest BCUT2D eigenvalue weighted by Crippen LogP contribution is -2.42. The summed E-state index contributed by atoms with van der Waals surface area (Å²) in [5.74, 6) is 0.0720. The first kappa shape index (κ1) is 14.0. The van der Waals surface area contributed by atoms with Crippen LogP contribution in [0, 0.1) is 6.92 Å². The Morgan fingerprint density at radius 2 is 2.00 bits per heavy atom. The predicted octanol–water partition coefficient (Wildman–Crippen LogP) is 3.35. The van der Waals surface area contributed by atoms with Gasteiger partial charge in [0.2, 0.25) is 0 Å². The fraction of sp³-hybridized carbons (Fsp3) is 0.389. The van der Waals surface area contributed by atoms with Gasteiger partial charge in [-0.3, -0.25) is 4.79 Å². The Balaban J connectivity index is 1.46. The van der Waals surface area contributed by atoms with Crippen molar-refractivity contribution in [1.82, 2.24) is 10.6 Å². The molecule has 3 unspecified atom stereocenters. The normalized spacial score (nSPS) is 26.3. The van der Waals surface area contributed by atoms with Crippen LogP contribution in [0.15, 0.2) is 36.4 Å². The highest BCUT2D eigenvalue weighted by Gasteiger charge is 2.39. The summed E-state index contributed by atoms with van der Waals surface area (Å²) in [5, 5.41) is 6.77. The van der Waals surface area contributed by atoms with Gasteiger partial charge in [-0.15, -0.1) is 11.3 Å². The van der Waals surface area contributed by atoms with Gasteiger partial charge < -0.3 is 10.6 Å². The van der Waals surface area contributed by atoms with E-state index in [2.05, 4.69) is 41.8 Å². The van der Waals surface area contributed by atoms with Crippen molar-refractivity contribution in [2.75, 3.05) is 0 Å². The summed E-state index contributed by atoms with van der Waals surface area (Å²) in [7, 11) is 0. The van der Waals surface area contributed by atoms with Crippen molar-refractivity contribution in [3.8, 4) is 10.4 Å². The van der Waals surface area contributed by atoms with Crippen molar-refractivity contribution >= 4 is 17.2 Å². The lowest BCUT2D eigenvalue weighted by atomic mass is 9.95. The summed E-state index contributed by atoms with van der Waals surface area (Å²) >= 11 is 1.57. The third kappa shape index (κ3) is 2.57. The van der Waals surface area contributed by atoms with Crippen LogP contribution in [0.4, 0.5) is 0 Å². The Morgan fingerprint density at radius 3 is 2.68 bits per heavy atom. The van der Waals surface area contributed by atoms with Gasteiger partial charge in [-0.05, 0) is 43.9 Å². The molecule has 2 fully saturated rings. The highest BCUT2D eigenvalue weighted by Crippen LogP contribution is 2.30. The first-order chi connectivity index (χ1) is 10.7. The van der Waals surface area contributed by atoms with Crippen LogP contribution in [0.2, 0.25) is 0 Å². The van der Waals surface area contributed by atoms with Crippen molar-refractivity contribution in [2.24, 2.45) is 0 Å². The Morgan fingerprint density at radius 1 is 1.18 bits per heavy atom. The number of aryl methyl sites for hydroxylation is 1. The second-order valence-corrected chi connectivity index (χ2v) is 7.48. The number of amides is 1. The number of hydrogen-bond acceptors (Lipinski definition) is 3. The van der Waals surface area contributed by atoms with Crippen molar-refractivity contribution in [2.45, 2.75) is 44.3 Å². The van der Waals surface area contributed by atoms with E-state index < -0.39 is 0 Å². The van der Waals surface area contributed by atoms with Gasteiger partial charge in [-0.2, -0.15) is 0 Å². The number of fused-ring (bicyclic) bond motifs is 2. The van der Waals surface area contributed by atoms with E-state index in [0.717, 1.165) is 16.2 Å². The van der Waals surface area contributed by atoms with Gasteiger partial charge in [-0.25, -0.2) is 0 Å². The van der Waals surface area contributed by atoms with Crippen molar-refractivity contribution < 1.29 is 4.79 Å². The molecule has 114 valence electrons. The van der Waals surface area contributed by atoms with Gasteiger partial charge in [0.05, 0.1) is 4.88 Å². The first-order valence-corrected chi connectivity index (χ1v) is 8.74. The second kappa shape index (κ2) is 5.52. The molecule has 0 aliphatic carbocycles. The highest BCUT2D eigenvalue weighted by molar-refractivity contribution is 7.17. The number of rotatable bonds is 3. The Labute approximate surface area is 134 Å². The van der Waals surface area contributed by atoms with E-state index in [-0.39, 0.29) is 5.91 Å². The number of thiophene rings is 1. The molecule has 3 heterocycles. The molecule has 2 aliphatic heterocycles. The van der Waals surface area contributed by atoms with E-state index >= 15 is 0 Å². The van der Waals surface area contributed by atoms with Crippen molar-refractivity contribution in [1.29, 1.82) is 0 Å². The van der Waals surface area contributed by atoms with Gasteiger partial charge in [0.1, 0.15) is 0 Å². The van der Waals surface area contributed by atoms with Crippen LogP contribution in [0.3, 0.4) is 0 Å². The van der Waals surface area contributed by atoms with E-state index in [1.54, 1.807) is 11.3 Å². The highest BCUT2D eigenvalue weighted by atomic mass is 32.1. The molecule has 1 aromatic heterocycles. The van der Waals surface area contributed by atoms with Crippen LogP contribution >= 0.6 is 11.3 Å². The molecular formula is C18H20N2OS. The summed E-state index contributed by atoms with van der Waals surface area (Å²) in [5.41, 5.74) is 2.43. The molecule has 1 aromatic carbocycles. The topological polar surface area (TPSA) is 41.1 Å². The number of carbonyl (C=O) groups is 1. The molecular weight excluding hydrogens is 292 g/mol. The zero-order valence-electron chi connectivity index (χ0n) is 12.6. The second-order valence-electron chi connectivity index (χ2n) is 6.39. The van der Waals surface area contributed by atoms with Gasteiger partial charge in [-0.1, -0.05) is 29.8 Å². The zero-order chi connectivity index (χ0) is 15.1. The van der Waals surface area contributed by atoms with Gasteiger partial charge >= 0.3 is 0 Å². The molecule has 0 spiro atoms. The molecule has 22 heavy (non-hydrogen) atoms. The van der Waals surface area contributed by atoms with Crippen LogP contribution in [0.1, 0.15) is 34.5 Å². The predicted molar refractivity (Wildman–Crippen MR) is 90.3 cm³/mol. The van der Waals surface area contributed by atoms with Gasteiger partial charge in [0, 0.05) is 23.0 Å². The maximum absolute atomic E-state index is 12.4. The summed E-state index contributed by atoms with van der Waals surface area (Å²) in [6, 6.07) is 13.8. The number of benzene rings is 1. The monoisotopic (exact) mass is 312 g/mol. The molecule has 2 bridgehead atoms. The molecule has 1 amide bonds. The quantitative estimate of drug-likeness (QED) is 0.912. The molecule has 3 atom stereocenters. The fourth-order valence-corrected chi connectivity index (χ4v) is 4.47. The molecule has 2 saturated heterocycles. The zero-order valence-corrected chi connectivity index (χ0v) is 13.5. The summed E-state index contributed by atoms with van der Waals surface area (Å²) < 4.78 is 0. The molecule has 2 N–H and O–H groups in total. The number of carbonyl (C=O) groups excluding carboxylic acids is 1. The molecule has 2 aliphatic rings. The third-order valence-corrected chi connectivity index (χ3v) is 5.92. The third-order valence-electron chi connectivity index (χ3n) is 4.78. The Hall–Kier alpha value is -1.65. The van der Waals surface area contributed by atoms with Gasteiger partial charge in [0.15, 0.2) is 0 Å². The maximum atomic E-state index is 12.4. The summed E-state index contributed by atoms with van der Waals surface area (Å²) in [6.45, 7) is 2.08. The fourth-order valence-electron chi connectivity index (χ4n) is 3.56. The summed E-state index contributed by atoms with van der Waals surface area (Å²) in [6.07, 6.45) is 3.52. The maximum Gasteiger partial charge on any atom is 0.261 e. The van der Waals surface area contributed by atoms with E-state index in [9.17, 15) is 4.79 Å². The van der Waals surface area contributed by atoms with E-state index in [4.69, 9.17) is 0 Å². The van der Waals surface area contributed by atoms with Crippen LogP contribution in [-0.4, -0.2) is 24.0 Å². The molecule has 4 heteroatoms. The number of hydrogen-bond donors (Lipinski definition) is 2. The average Bonchev–Trinajstić information content (AvgIpc) is 3.24. The number of nitrogens with one attached hydrogen (secondary N) is 2. The van der Waals surface area contributed by atoms with E-state index in [1.807, 2.05) is 12.1 Å². The van der Waals surface area contributed by atoms with Crippen molar-refractivity contribution in [3.63, 3.8) is 0 Å². The minimum absolute atomic E-state index is 0.0720. The standard InChI is InChI=1S/C18H20N2OS/c1-11-2-4-12(5-3-11)16-8-9-17(22-16)18(21)20-15-10-13-6-7-14(15)19-13/h2-5,8-9,13-15,19H,6-7,10H2,1H3,(H,20,21). The van der Waals surface area contributed by atoms with Crippen LogP contribution in [0.5, 0.6) is 0 Å². The molecule has 0 radical (unpaired) electrons. The van der Waals surface area contributed by atoms with Crippen LogP contribution in [0.25, 0.3) is 10.4 Å². The smallest absolute Gasteiger partial charge is 0.261 e. The minimum Gasteiger partial charge on any atom is -0.347 e. The van der Waals surface area contributed by atoms with E-state index in [1.165, 1.54) is 24.0 Å². The molecule has 2 aromatic rings. The van der Waals surface area contributed by atoms with Crippen molar-refractivity contribution in [3.05, 3.63) is 46.8 Å². The SMILES string of the molecule is Cc1ccc(-c2ccc(C(=O)NC3CC4CCC3N4)s2)cc1. The summed E-state index contributed by atoms with van der Waals surface area (Å²) in [4.78, 5) is 14.4.